The normalized spacial score (nSPS) is 11.4. The Balaban J connectivity index is 2.30. The average molecular weight is 482 g/mol. The van der Waals surface area contributed by atoms with E-state index in [4.69, 9.17) is 28.3 Å². The highest BCUT2D eigenvalue weighted by atomic mass is 35.5. The summed E-state index contributed by atoms with van der Waals surface area (Å²) < 4.78 is 1.63. The minimum absolute atomic E-state index is 0.0435. The first-order valence-electron chi connectivity index (χ1n) is 10.8. The lowest BCUT2D eigenvalue weighted by molar-refractivity contribution is -0.116. The Bertz CT molecular complexity index is 950. The Hall–Kier alpha value is -2.25. The van der Waals surface area contributed by atoms with E-state index >= 15 is 0 Å². The van der Waals surface area contributed by atoms with Crippen molar-refractivity contribution in [2.24, 2.45) is 0 Å². The van der Waals surface area contributed by atoms with Crippen LogP contribution in [0.3, 0.4) is 0 Å². The third-order valence-electron chi connectivity index (χ3n) is 4.91. The predicted octanol–water partition coefficient (Wildman–Crippen LogP) is 5.59. The van der Waals surface area contributed by atoms with E-state index in [1.165, 1.54) is 4.90 Å². The quantitative estimate of drug-likeness (QED) is 0.499. The van der Waals surface area contributed by atoms with Gasteiger partial charge in [0.15, 0.2) is 0 Å². The molecule has 2 rings (SSSR count). The Morgan fingerprint density at radius 3 is 2.34 bits per heavy atom. The van der Waals surface area contributed by atoms with Crippen molar-refractivity contribution in [2.45, 2.75) is 52.4 Å². The van der Waals surface area contributed by atoms with Crippen LogP contribution < -0.4 is 5.32 Å². The van der Waals surface area contributed by atoms with Crippen LogP contribution in [0.2, 0.25) is 10.0 Å². The van der Waals surface area contributed by atoms with E-state index in [0.717, 1.165) is 25.0 Å². The topological polar surface area (TPSA) is 70.5 Å². The number of aromatic nitrogens is 2. The Morgan fingerprint density at radius 2 is 1.78 bits per heavy atom. The molecule has 0 radical (unpaired) electrons. The fourth-order valence-corrected chi connectivity index (χ4v) is 3.38. The lowest BCUT2D eigenvalue weighted by Gasteiger charge is -2.25. The Labute approximate surface area is 200 Å². The van der Waals surface area contributed by atoms with Gasteiger partial charge in [0, 0.05) is 32.1 Å². The van der Waals surface area contributed by atoms with E-state index < -0.39 is 0 Å². The highest BCUT2D eigenvalue weighted by Crippen LogP contribution is 2.29. The van der Waals surface area contributed by atoms with Crippen LogP contribution in [0.25, 0.3) is 5.69 Å². The molecule has 0 saturated carbocycles. The number of benzene rings is 1. The summed E-state index contributed by atoms with van der Waals surface area (Å²) in [6, 6.07) is 6.83. The van der Waals surface area contributed by atoms with E-state index in [1.54, 1.807) is 41.9 Å². The summed E-state index contributed by atoms with van der Waals surface area (Å²) >= 11 is 12.3. The largest absolute Gasteiger partial charge is 0.331 e. The molecule has 0 unspecified atom stereocenters. The molecule has 1 N–H and O–H groups in total. The molecule has 0 bridgehead atoms. The van der Waals surface area contributed by atoms with Gasteiger partial charge in [-0.25, -0.2) is 9.48 Å². The van der Waals surface area contributed by atoms with Crippen molar-refractivity contribution in [3.63, 3.8) is 0 Å². The van der Waals surface area contributed by atoms with Gasteiger partial charge in [-0.05, 0) is 24.6 Å². The highest BCUT2D eigenvalue weighted by Gasteiger charge is 2.23. The van der Waals surface area contributed by atoms with Gasteiger partial charge in [-0.1, -0.05) is 63.7 Å². The molecular formula is C23H33Cl2N5O2. The van der Waals surface area contributed by atoms with Gasteiger partial charge in [-0.2, -0.15) is 5.10 Å². The van der Waals surface area contributed by atoms with Gasteiger partial charge in [0.25, 0.3) is 0 Å². The van der Waals surface area contributed by atoms with E-state index in [1.807, 2.05) is 26.8 Å². The molecule has 0 spiro atoms. The molecule has 176 valence electrons. The van der Waals surface area contributed by atoms with Gasteiger partial charge in [0.2, 0.25) is 5.91 Å². The number of carbonyl (C=O) groups is 2. The van der Waals surface area contributed by atoms with Crippen LogP contribution in [0, 0.1) is 0 Å². The van der Waals surface area contributed by atoms with Crippen LogP contribution in [-0.2, 0) is 10.2 Å². The number of amides is 3. The second-order valence-corrected chi connectivity index (χ2v) is 9.84. The number of carbonyl (C=O) groups excluding carboxylic acids is 2. The minimum atomic E-state index is -0.293. The minimum Gasteiger partial charge on any atom is -0.331 e. The molecule has 1 aromatic heterocycles. The van der Waals surface area contributed by atoms with Crippen molar-refractivity contribution in [3.8, 4) is 5.69 Å². The maximum atomic E-state index is 12.9. The molecule has 7 nitrogen and oxygen atoms in total. The van der Waals surface area contributed by atoms with Crippen LogP contribution in [-0.4, -0.2) is 58.7 Å². The molecule has 1 aromatic carbocycles. The zero-order valence-corrected chi connectivity index (χ0v) is 21.2. The molecule has 0 aliphatic heterocycles. The fourth-order valence-electron chi connectivity index (χ4n) is 3.08. The summed E-state index contributed by atoms with van der Waals surface area (Å²) in [5, 5.41) is 8.45. The number of nitrogens with one attached hydrogen (secondary N) is 1. The standard InChI is InChI=1S/C23H33Cl2N5O2/c1-7-8-9-12-29(22(32)28(5)6)15-21(31)26-20-14-19(23(2,3)4)27-30(20)16-10-11-17(24)18(25)13-16/h10-11,13-14H,7-9,12,15H2,1-6H3,(H,26,31). The lowest BCUT2D eigenvalue weighted by Crippen LogP contribution is -2.44. The number of nitrogens with zero attached hydrogens (tertiary/aromatic N) is 4. The number of rotatable bonds is 8. The summed E-state index contributed by atoms with van der Waals surface area (Å²) in [5.41, 5.74) is 1.26. The first-order valence-corrected chi connectivity index (χ1v) is 11.5. The summed E-state index contributed by atoms with van der Waals surface area (Å²) in [6.07, 6.45) is 2.88. The first kappa shape index (κ1) is 26.0. The summed E-state index contributed by atoms with van der Waals surface area (Å²) in [7, 11) is 3.37. The van der Waals surface area contributed by atoms with E-state index in [-0.39, 0.29) is 23.9 Å². The smallest absolute Gasteiger partial charge is 0.319 e. The average Bonchev–Trinajstić information content (AvgIpc) is 3.13. The first-order chi connectivity index (χ1) is 14.9. The van der Waals surface area contributed by atoms with Crippen molar-refractivity contribution in [1.82, 2.24) is 19.6 Å². The second kappa shape index (κ2) is 11.1. The number of hydrogen-bond donors (Lipinski definition) is 1. The molecule has 2 aromatic rings. The van der Waals surface area contributed by atoms with Crippen LogP contribution in [0.15, 0.2) is 24.3 Å². The second-order valence-electron chi connectivity index (χ2n) is 9.03. The lowest BCUT2D eigenvalue weighted by atomic mass is 9.92. The summed E-state index contributed by atoms with van der Waals surface area (Å²) in [6.45, 7) is 8.72. The Morgan fingerprint density at radius 1 is 1.09 bits per heavy atom. The zero-order valence-electron chi connectivity index (χ0n) is 19.7. The van der Waals surface area contributed by atoms with Gasteiger partial charge >= 0.3 is 6.03 Å². The van der Waals surface area contributed by atoms with Crippen molar-refractivity contribution in [1.29, 1.82) is 0 Å². The van der Waals surface area contributed by atoms with Crippen LogP contribution in [0.4, 0.5) is 10.6 Å². The van der Waals surface area contributed by atoms with Gasteiger partial charge in [0.05, 0.1) is 21.4 Å². The molecular weight excluding hydrogens is 449 g/mol. The van der Waals surface area contributed by atoms with Crippen molar-refractivity contribution >= 4 is 41.0 Å². The van der Waals surface area contributed by atoms with E-state index in [0.29, 0.717) is 28.1 Å². The van der Waals surface area contributed by atoms with Crippen LogP contribution in [0.1, 0.15) is 52.7 Å². The molecule has 3 amide bonds. The highest BCUT2D eigenvalue weighted by molar-refractivity contribution is 6.42. The number of halogens is 2. The summed E-state index contributed by atoms with van der Waals surface area (Å²) in [4.78, 5) is 28.5. The SMILES string of the molecule is CCCCCN(CC(=O)Nc1cc(C(C)(C)C)nn1-c1ccc(Cl)c(Cl)c1)C(=O)N(C)C. The van der Waals surface area contributed by atoms with Crippen LogP contribution >= 0.6 is 23.2 Å². The molecule has 0 fully saturated rings. The fraction of sp³-hybridized carbons (Fsp3) is 0.522. The monoisotopic (exact) mass is 481 g/mol. The Kier molecular flexibility index (Phi) is 8.98. The maximum Gasteiger partial charge on any atom is 0.319 e. The molecule has 0 aliphatic rings. The van der Waals surface area contributed by atoms with Crippen LogP contribution in [0.5, 0.6) is 0 Å². The van der Waals surface area contributed by atoms with Gasteiger partial charge in [-0.3, -0.25) is 4.79 Å². The molecule has 0 aliphatic carbocycles. The molecule has 32 heavy (non-hydrogen) atoms. The number of hydrogen-bond acceptors (Lipinski definition) is 3. The number of unbranched alkanes of at least 4 members (excludes halogenated alkanes) is 2. The number of anilines is 1. The third-order valence-corrected chi connectivity index (χ3v) is 5.65. The molecule has 0 saturated heterocycles. The van der Waals surface area contributed by atoms with E-state index in [9.17, 15) is 9.59 Å². The van der Waals surface area contributed by atoms with Crippen molar-refractivity contribution in [3.05, 3.63) is 40.0 Å². The van der Waals surface area contributed by atoms with Crippen molar-refractivity contribution in [2.75, 3.05) is 32.5 Å². The van der Waals surface area contributed by atoms with Gasteiger partial charge in [-0.15, -0.1) is 0 Å². The van der Waals surface area contributed by atoms with Crippen molar-refractivity contribution < 1.29 is 9.59 Å². The predicted molar refractivity (Wildman–Crippen MR) is 131 cm³/mol. The third kappa shape index (κ3) is 6.87. The van der Waals surface area contributed by atoms with Gasteiger partial charge in [0.1, 0.15) is 12.4 Å². The zero-order chi connectivity index (χ0) is 24.1. The summed E-state index contributed by atoms with van der Waals surface area (Å²) in [5.74, 6) is 0.211. The number of urea groups is 1. The molecule has 0 atom stereocenters. The van der Waals surface area contributed by atoms with E-state index in [2.05, 4.69) is 12.2 Å². The van der Waals surface area contributed by atoms with Gasteiger partial charge < -0.3 is 15.1 Å². The maximum absolute atomic E-state index is 12.9. The molecule has 1 heterocycles. The molecule has 9 heteroatoms.